The molecule has 5 atom stereocenters. The maximum Gasteiger partial charge on any atom is 0.208 e. The third-order valence-electron chi connectivity index (χ3n) is 5.41. The molecule has 0 spiro atoms. The monoisotopic (exact) mass is 355 g/mol. The quantitative estimate of drug-likeness (QED) is 0.558. The number of aromatic nitrogens is 4. The molecule has 7 nitrogen and oxygen atoms in total. The molecule has 0 unspecified atom stereocenters. The molecule has 7 heteroatoms. The van der Waals surface area contributed by atoms with Crippen LogP contribution in [0.5, 0.6) is 0 Å². The SMILES string of the molecule is CCCCC#Cc1nc(NCC)c2ncn([C@H]3[C@H](O)[C@H](O)[C@@H]4C[C@@H]43)c2n1. The summed E-state index contributed by atoms with van der Waals surface area (Å²) >= 11 is 0. The van der Waals surface area contributed by atoms with Crippen LogP contribution in [-0.4, -0.2) is 48.5 Å². The first-order valence-corrected chi connectivity index (χ1v) is 9.49. The molecule has 0 amide bonds. The molecule has 0 aromatic carbocycles. The molecule has 0 radical (unpaired) electrons. The average molecular weight is 355 g/mol. The zero-order valence-electron chi connectivity index (χ0n) is 15.2. The fraction of sp³-hybridized carbons (Fsp3) is 0.632. The van der Waals surface area contributed by atoms with E-state index >= 15 is 0 Å². The normalized spacial score (nSPS) is 29.3. The topological polar surface area (TPSA) is 96.1 Å². The summed E-state index contributed by atoms with van der Waals surface area (Å²) < 4.78 is 1.90. The van der Waals surface area contributed by atoms with Gasteiger partial charge in [-0.25, -0.2) is 15.0 Å². The lowest BCUT2D eigenvalue weighted by Crippen LogP contribution is -2.31. The maximum absolute atomic E-state index is 10.4. The van der Waals surface area contributed by atoms with Crippen LogP contribution < -0.4 is 5.32 Å². The Morgan fingerprint density at radius 3 is 2.77 bits per heavy atom. The van der Waals surface area contributed by atoms with E-state index in [4.69, 9.17) is 0 Å². The maximum atomic E-state index is 10.4. The molecule has 138 valence electrons. The first-order chi connectivity index (χ1) is 12.7. The number of imidazole rings is 1. The predicted octanol–water partition coefficient (Wildman–Crippen LogP) is 1.71. The molecule has 0 saturated heterocycles. The highest BCUT2D eigenvalue weighted by Gasteiger charge is 2.60. The van der Waals surface area contributed by atoms with E-state index in [9.17, 15) is 10.2 Å². The van der Waals surface area contributed by atoms with Crippen molar-refractivity contribution in [2.45, 2.75) is 57.8 Å². The Morgan fingerprint density at radius 1 is 1.23 bits per heavy atom. The van der Waals surface area contributed by atoms with Gasteiger partial charge < -0.3 is 20.1 Å². The second-order valence-electron chi connectivity index (χ2n) is 7.19. The summed E-state index contributed by atoms with van der Waals surface area (Å²) in [6.07, 6.45) is 4.19. The second kappa shape index (κ2) is 6.86. The first kappa shape index (κ1) is 17.3. The lowest BCUT2D eigenvalue weighted by molar-refractivity contribution is 0.00386. The van der Waals surface area contributed by atoms with E-state index in [2.05, 4.69) is 39.0 Å². The van der Waals surface area contributed by atoms with E-state index < -0.39 is 12.2 Å². The van der Waals surface area contributed by atoms with E-state index in [1.54, 1.807) is 6.33 Å². The predicted molar refractivity (Wildman–Crippen MR) is 98.5 cm³/mol. The molecule has 2 aliphatic rings. The molecule has 2 aliphatic carbocycles. The smallest absolute Gasteiger partial charge is 0.208 e. The molecular formula is C19H25N5O2. The Bertz CT molecular complexity index is 868. The molecule has 3 N–H and O–H groups in total. The Hall–Kier alpha value is -2.17. The molecule has 2 aromatic rings. The van der Waals surface area contributed by atoms with E-state index in [0.29, 0.717) is 22.8 Å². The number of hydrogen-bond donors (Lipinski definition) is 3. The summed E-state index contributed by atoms with van der Waals surface area (Å²) in [4.78, 5) is 13.6. The Labute approximate surface area is 152 Å². The molecule has 0 aliphatic heterocycles. The highest BCUT2D eigenvalue weighted by Crippen LogP contribution is 2.57. The number of fused-ring (bicyclic) bond motifs is 2. The van der Waals surface area contributed by atoms with Crippen molar-refractivity contribution < 1.29 is 10.2 Å². The van der Waals surface area contributed by atoms with Crippen molar-refractivity contribution in [2.24, 2.45) is 11.8 Å². The van der Waals surface area contributed by atoms with Crippen molar-refractivity contribution in [3.05, 3.63) is 12.2 Å². The van der Waals surface area contributed by atoms with Gasteiger partial charge in [-0.05, 0) is 37.5 Å². The zero-order chi connectivity index (χ0) is 18.3. The summed E-state index contributed by atoms with van der Waals surface area (Å²) in [6.45, 7) is 4.86. The van der Waals surface area contributed by atoms with Crippen LogP contribution in [0.3, 0.4) is 0 Å². The number of anilines is 1. The van der Waals surface area contributed by atoms with Crippen LogP contribution in [-0.2, 0) is 0 Å². The lowest BCUT2D eigenvalue weighted by atomic mass is 10.1. The average Bonchev–Trinajstić information content (AvgIpc) is 3.24. The van der Waals surface area contributed by atoms with Crippen LogP contribution in [0.4, 0.5) is 5.82 Å². The van der Waals surface area contributed by atoms with Crippen molar-refractivity contribution in [2.75, 3.05) is 11.9 Å². The van der Waals surface area contributed by atoms with Crippen molar-refractivity contribution in [1.82, 2.24) is 19.5 Å². The highest BCUT2D eigenvalue weighted by atomic mass is 16.3. The van der Waals surface area contributed by atoms with Gasteiger partial charge in [0.1, 0.15) is 6.10 Å². The Morgan fingerprint density at radius 2 is 2.08 bits per heavy atom. The van der Waals surface area contributed by atoms with Gasteiger partial charge in [-0.3, -0.25) is 0 Å². The number of nitrogens with zero attached hydrogens (tertiary/aromatic N) is 4. The Kier molecular flexibility index (Phi) is 4.55. The largest absolute Gasteiger partial charge is 0.390 e. The minimum absolute atomic E-state index is 0.190. The number of aliphatic hydroxyl groups is 2. The van der Waals surface area contributed by atoms with Crippen LogP contribution in [0.2, 0.25) is 0 Å². The molecule has 2 aromatic heterocycles. The molecule has 2 saturated carbocycles. The first-order valence-electron chi connectivity index (χ1n) is 9.49. The molecule has 0 bridgehead atoms. The van der Waals surface area contributed by atoms with Gasteiger partial charge in [-0.1, -0.05) is 19.3 Å². The minimum Gasteiger partial charge on any atom is -0.390 e. The minimum atomic E-state index is -0.784. The van der Waals surface area contributed by atoms with Crippen LogP contribution in [0.25, 0.3) is 11.2 Å². The van der Waals surface area contributed by atoms with Crippen LogP contribution in [0.1, 0.15) is 51.4 Å². The van der Waals surface area contributed by atoms with E-state index in [1.807, 2.05) is 11.5 Å². The summed E-state index contributed by atoms with van der Waals surface area (Å²) in [5.41, 5.74) is 1.34. The summed E-state index contributed by atoms with van der Waals surface area (Å²) in [5, 5.41) is 23.8. The van der Waals surface area contributed by atoms with E-state index in [0.717, 1.165) is 32.2 Å². The number of rotatable bonds is 5. The van der Waals surface area contributed by atoms with Gasteiger partial charge in [0.2, 0.25) is 5.82 Å². The molecule has 26 heavy (non-hydrogen) atoms. The van der Waals surface area contributed by atoms with Gasteiger partial charge in [-0.15, -0.1) is 0 Å². The number of aliphatic hydroxyl groups excluding tert-OH is 2. The van der Waals surface area contributed by atoms with E-state index in [-0.39, 0.29) is 17.9 Å². The van der Waals surface area contributed by atoms with Gasteiger partial charge >= 0.3 is 0 Å². The fourth-order valence-electron chi connectivity index (χ4n) is 3.99. The molecule has 2 heterocycles. The van der Waals surface area contributed by atoms with Crippen LogP contribution >= 0.6 is 0 Å². The summed E-state index contributed by atoms with van der Waals surface area (Å²) in [6, 6.07) is -0.190. The van der Waals surface area contributed by atoms with Crippen molar-refractivity contribution >= 4 is 17.0 Å². The third-order valence-corrected chi connectivity index (χ3v) is 5.41. The fourth-order valence-corrected chi connectivity index (χ4v) is 3.99. The second-order valence-corrected chi connectivity index (χ2v) is 7.19. The molecular weight excluding hydrogens is 330 g/mol. The van der Waals surface area contributed by atoms with Crippen LogP contribution in [0.15, 0.2) is 6.33 Å². The van der Waals surface area contributed by atoms with Gasteiger partial charge in [0.15, 0.2) is 17.0 Å². The lowest BCUT2D eigenvalue weighted by Gasteiger charge is -2.22. The molecule has 2 fully saturated rings. The highest BCUT2D eigenvalue weighted by molar-refractivity contribution is 5.83. The Balaban J connectivity index is 1.75. The van der Waals surface area contributed by atoms with Crippen LogP contribution in [0, 0.1) is 23.7 Å². The van der Waals surface area contributed by atoms with Crippen molar-refractivity contribution in [3.8, 4) is 11.8 Å². The zero-order valence-corrected chi connectivity index (χ0v) is 15.2. The van der Waals surface area contributed by atoms with Crippen molar-refractivity contribution in [1.29, 1.82) is 0 Å². The number of unbranched alkanes of at least 4 members (excludes halogenated alkanes) is 2. The standard InChI is InChI=1S/C19H25N5O2/c1-3-5-6-7-8-13-22-18(20-4-2)14-19(23-13)24(10-21-14)15-11-9-12(11)16(25)17(15)26/h10-12,15-17,25-26H,3-6,9H2,1-2H3,(H,20,22,23)/t11-,12+,15+,16+,17-/m0/s1. The van der Waals surface area contributed by atoms with Gasteiger partial charge in [0.25, 0.3) is 0 Å². The van der Waals surface area contributed by atoms with Gasteiger partial charge in [0, 0.05) is 13.0 Å². The van der Waals surface area contributed by atoms with Gasteiger partial charge in [0.05, 0.1) is 18.5 Å². The number of hydrogen-bond acceptors (Lipinski definition) is 6. The molecule has 4 rings (SSSR count). The van der Waals surface area contributed by atoms with E-state index in [1.165, 1.54) is 0 Å². The summed E-state index contributed by atoms with van der Waals surface area (Å²) in [5.74, 6) is 7.79. The van der Waals surface area contributed by atoms with Gasteiger partial charge in [-0.2, -0.15) is 0 Å². The number of nitrogens with one attached hydrogen (secondary N) is 1. The third kappa shape index (κ3) is 2.83. The van der Waals surface area contributed by atoms with Crippen molar-refractivity contribution in [3.63, 3.8) is 0 Å². The summed E-state index contributed by atoms with van der Waals surface area (Å²) in [7, 11) is 0.